The lowest BCUT2D eigenvalue weighted by molar-refractivity contribution is 0.0746. The number of nitrogens with zero attached hydrogens (tertiary/aromatic N) is 4. The van der Waals surface area contributed by atoms with Crippen molar-refractivity contribution in [1.29, 1.82) is 0 Å². The Balaban J connectivity index is 1.58. The van der Waals surface area contributed by atoms with Gasteiger partial charge in [0.1, 0.15) is 0 Å². The molecule has 0 unspecified atom stereocenters. The number of anilines is 2. The summed E-state index contributed by atoms with van der Waals surface area (Å²) in [6.07, 6.45) is 4.23. The molecule has 1 aliphatic rings. The summed E-state index contributed by atoms with van der Waals surface area (Å²) < 4.78 is 0. The Labute approximate surface area is 148 Å². The van der Waals surface area contributed by atoms with Crippen LogP contribution >= 0.6 is 0 Å². The van der Waals surface area contributed by atoms with E-state index in [0.717, 1.165) is 26.1 Å². The maximum absolute atomic E-state index is 12.6. The van der Waals surface area contributed by atoms with E-state index < -0.39 is 0 Å². The van der Waals surface area contributed by atoms with Gasteiger partial charge in [-0.05, 0) is 31.0 Å². The van der Waals surface area contributed by atoms with Crippen molar-refractivity contribution in [3.63, 3.8) is 0 Å². The van der Waals surface area contributed by atoms with Gasteiger partial charge in [-0.2, -0.15) is 0 Å². The van der Waals surface area contributed by atoms with Gasteiger partial charge >= 0.3 is 0 Å². The third kappa shape index (κ3) is 4.26. The Morgan fingerprint density at radius 3 is 2.52 bits per heavy atom. The highest BCUT2D eigenvalue weighted by molar-refractivity contribution is 5.93. The molecule has 1 fully saturated rings. The molecule has 25 heavy (non-hydrogen) atoms. The fraction of sp³-hybridized carbons (Fsp3) is 0.421. The molecule has 1 aliphatic heterocycles. The van der Waals surface area contributed by atoms with Crippen LogP contribution in [0.2, 0.25) is 0 Å². The molecule has 1 aromatic heterocycles. The highest BCUT2D eigenvalue weighted by atomic mass is 16.2. The van der Waals surface area contributed by atoms with Crippen LogP contribution in [0.3, 0.4) is 0 Å². The maximum Gasteiger partial charge on any atom is 0.257 e. The second-order valence-electron chi connectivity index (χ2n) is 6.34. The van der Waals surface area contributed by atoms with Crippen LogP contribution in [0.15, 0.2) is 36.7 Å². The molecule has 0 aliphatic carbocycles. The molecular weight excluding hydrogens is 314 g/mol. The van der Waals surface area contributed by atoms with Crippen molar-refractivity contribution in [2.75, 3.05) is 42.9 Å². The van der Waals surface area contributed by atoms with E-state index in [2.05, 4.69) is 58.3 Å². The van der Waals surface area contributed by atoms with Crippen molar-refractivity contribution in [2.24, 2.45) is 0 Å². The van der Waals surface area contributed by atoms with E-state index in [1.807, 2.05) is 4.90 Å². The molecule has 2 heterocycles. The Bertz CT molecular complexity index is 708. The van der Waals surface area contributed by atoms with E-state index in [1.54, 1.807) is 12.4 Å². The molecule has 132 valence electrons. The van der Waals surface area contributed by atoms with Gasteiger partial charge < -0.3 is 15.1 Å². The van der Waals surface area contributed by atoms with E-state index >= 15 is 0 Å². The van der Waals surface area contributed by atoms with Crippen molar-refractivity contribution in [3.8, 4) is 0 Å². The summed E-state index contributed by atoms with van der Waals surface area (Å²) in [5.41, 5.74) is 3.03. The highest BCUT2D eigenvalue weighted by Crippen LogP contribution is 2.18. The van der Waals surface area contributed by atoms with Crippen molar-refractivity contribution < 1.29 is 4.79 Å². The summed E-state index contributed by atoms with van der Waals surface area (Å²) in [5, 5.41) is 3.11. The second-order valence-corrected chi connectivity index (χ2v) is 6.34. The first-order valence-electron chi connectivity index (χ1n) is 8.84. The number of hydrogen-bond acceptors (Lipinski definition) is 5. The summed E-state index contributed by atoms with van der Waals surface area (Å²) >= 11 is 0. The van der Waals surface area contributed by atoms with Crippen molar-refractivity contribution in [2.45, 2.75) is 20.3 Å². The third-order valence-electron chi connectivity index (χ3n) is 4.37. The number of piperazine rings is 1. The van der Waals surface area contributed by atoms with Gasteiger partial charge in [0.2, 0.25) is 5.95 Å². The lowest BCUT2D eigenvalue weighted by Gasteiger charge is -2.36. The zero-order valence-corrected chi connectivity index (χ0v) is 14.9. The summed E-state index contributed by atoms with van der Waals surface area (Å²) in [6, 6.07) is 8.49. The summed E-state index contributed by atoms with van der Waals surface area (Å²) in [5.74, 6) is 0.577. The van der Waals surface area contributed by atoms with Gasteiger partial charge in [0.05, 0.1) is 5.56 Å². The predicted octanol–water partition coefficient (Wildman–Crippen LogP) is 2.57. The average Bonchev–Trinajstić information content (AvgIpc) is 2.66. The topological polar surface area (TPSA) is 61.4 Å². The molecule has 0 saturated carbocycles. The van der Waals surface area contributed by atoms with Crippen molar-refractivity contribution >= 4 is 17.5 Å². The van der Waals surface area contributed by atoms with Gasteiger partial charge in [-0.3, -0.25) is 4.79 Å². The van der Waals surface area contributed by atoms with E-state index in [0.29, 0.717) is 24.6 Å². The molecule has 1 saturated heterocycles. The largest absolute Gasteiger partial charge is 0.368 e. The van der Waals surface area contributed by atoms with E-state index in [9.17, 15) is 4.79 Å². The number of nitrogens with one attached hydrogen (secondary N) is 1. The number of aromatic nitrogens is 2. The van der Waals surface area contributed by atoms with Gasteiger partial charge in [0, 0.05) is 50.8 Å². The summed E-state index contributed by atoms with van der Waals surface area (Å²) in [4.78, 5) is 25.3. The van der Waals surface area contributed by atoms with E-state index in [-0.39, 0.29) is 5.91 Å². The van der Waals surface area contributed by atoms with E-state index in [1.165, 1.54) is 11.3 Å². The number of carbonyl (C=O) groups excluding carboxylic acids is 1. The van der Waals surface area contributed by atoms with Crippen LogP contribution < -0.4 is 10.2 Å². The first-order chi connectivity index (χ1) is 12.2. The van der Waals surface area contributed by atoms with Gasteiger partial charge in [-0.15, -0.1) is 0 Å². The zero-order chi connectivity index (χ0) is 17.6. The van der Waals surface area contributed by atoms with Gasteiger partial charge in [-0.25, -0.2) is 9.97 Å². The monoisotopic (exact) mass is 339 g/mol. The van der Waals surface area contributed by atoms with Crippen LogP contribution in [0.1, 0.15) is 29.3 Å². The Kier molecular flexibility index (Phi) is 5.48. The smallest absolute Gasteiger partial charge is 0.257 e. The first-order valence-corrected chi connectivity index (χ1v) is 8.84. The molecule has 0 radical (unpaired) electrons. The number of rotatable bonds is 5. The minimum atomic E-state index is 0.00549. The molecule has 0 atom stereocenters. The fourth-order valence-corrected chi connectivity index (χ4v) is 2.94. The Hall–Kier alpha value is -2.63. The number of carbonyl (C=O) groups is 1. The standard InChI is InChI=1S/C19H25N5O/c1-3-7-20-19-21-13-16(14-22-19)18(25)24-10-8-23(9-11-24)17-6-4-5-15(2)12-17/h4-6,12-14H,3,7-11H2,1-2H3,(H,20,21,22). The first kappa shape index (κ1) is 17.2. The third-order valence-corrected chi connectivity index (χ3v) is 4.37. The maximum atomic E-state index is 12.6. The van der Waals surface area contributed by atoms with Crippen molar-refractivity contribution in [3.05, 3.63) is 47.8 Å². The quantitative estimate of drug-likeness (QED) is 0.907. The average molecular weight is 339 g/mol. The van der Waals surface area contributed by atoms with Crippen LogP contribution in [0.5, 0.6) is 0 Å². The molecule has 6 heteroatoms. The molecule has 0 spiro atoms. The Morgan fingerprint density at radius 2 is 1.88 bits per heavy atom. The molecule has 1 N–H and O–H groups in total. The number of benzene rings is 1. The fourth-order valence-electron chi connectivity index (χ4n) is 2.94. The van der Waals surface area contributed by atoms with Crippen LogP contribution in [0, 0.1) is 6.92 Å². The highest BCUT2D eigenvalue weighted by Gasteiger charge is 2.22. The number of aryl methyl sites for hydroxylation is 1. The molecular formula is C19H25N5O. The summed E-state index contributed by atoms with van der Waals surface area (Å²) in [6.45, 7) is 8.11. The van der Waals surface area contributed by atoms with Crippen LogP contribution in [0.4, 0.5) is 11.6 Å². The molecule has 3 rings (SSSR count). The lowest BCUT2D eigenvalue weighted by atomic mass is 10.2. The van der Waals surface area contributed by atoms with Crippen LogP contribution in [0.25, 0.3) is 0 Å². The number of amides is 1. The lowest BCUT2D eigenvalue weighted by Crippen LogP contribution is -2.48. The molecule has 6 nitrogen and oxygen atoms in total. The van der Waals surface area contributed by atoms with Crippen molar-refractivity contribution in [1.82, 2.24) is 14.9 Å². The van der Waals surface area contributed by atoms with E-state index in [4.69, 9.17) is 0 Å². The minimum absolute atomic E-state index is 0.00549. The molecule has 1 amide bonds. The predicted molar refractivity (Wildman–Crippen MR) is 100 cm³/mol. The summed E-state index contributed by atoms with van der Waals surface area (Å²) in [7, 11) is 0. The minimum Gasteiger partial charge on any atom is -0.368 e. The molecule has 0 bridgehead atoms. The van der Waals surface area contributed by atoms with Gasteiger partial charge in [0.25, 0.3) is 5.91 Å². The molecule has 2 aromatic rings. The van der Waals surface area contributed by atoms with Gasteiger partial charge in [-0.1, -0.05) is 19.1 Å². The number of hydrogen-bond donors (Lipinski definition) is 1. The van der Waals surface area contributed by atoms with Crippen LogP contribution in [-0.4, -0.2) is 53.5 Å². The zero-order valence-electron chi connectivity index (χ0n) is 14.9. The van der Waals surface area contributed by atoms with Crippen LogP contribution in [-0.2, 0) is 0 Å². The molecule has 1 aromatic carbocycles. The second kappa shape index (κ2) is 7.96. The Morgan fingerprint density at radius 1 is 1.16 bits per heavy atom. The van der Waals surface area contributed by atoms with Gasteiger partial charge in [0.15, 0.2) is 0 Å². The normalized spacial score (nSPS) is 14.5. The SMILES string of the molecule is CCCNc1ncc(C(=O)N2CCN(c3cccc(C)c3)CC2)cn1.